The van der Waals surface area contributed by atoms with Crippen molar-refractivity contribution < 1.29 is 13.2 Å². The Kier molecular flexibility index (Phi) is 5.77. The van der Waals surface area contributed by atoms with Crippen LogP contribution in [0.2, 0.25) is 0 Å². The van der Waals surface area contributed by atoms with Gasteiger partial charge >= 0.3 is 0 Å². The Morgan fingerprint density at radius 3 is 2.35 bits per heavy atom. The molecule has 0 atom stereocenters. The fourth-order valence-corrected chi connectivity index (χ4v) is 4.05. The largest absolute Gasteiger partial charge is 0.278 e. The van der Waals surface area contributed by atoms with Crippen molar-refractivity contribution in [1.29, 1.82) is 0 Å². The van der Waals surface area contributed by atoms with E-state index in [-0.39, 0.29) is 12.2 Å². The summed E-state index contributed by atoms with van der Waals surface area (Å²) in [5.41, 5.74) is 4.64. The number of hydrogen-bond donors (Lipinski definition) is 2. The minimum Gasteiger partial charge on any atom is -0.278 e. The summed E-state index contributed by atoms with van der Waals surface area (Å²) in [4.78, 5) is 18.5. The summed E-state index contributed by atoms with van der Waals surface area (Å²) in [6.45, 7) is 0. The average Bonchev–Trinajstić information content (AvgIpc) is 3.10. The van der Waals surface area contributed by atoms with Gasteiger partial charge in [-0.15, -0.1) is 16.2 Å². The molecule has 3 aromatic rings. The predicted octanol–water partition coefficient (Wildman–Crippen LogP) is 2.50. The molecule has 0 aliphatic rings. The second kappa shape index (κ2) is 8.22. The van der Waals surface area contributed by atoms with Crippen LogP contribution in [0.5, 0.6) is 0 Å². The molecule has 134 valence electrons. The lowest BCUT2D eigenvalue weighted by molar-refractivity contribution is -0.120. The summed E-state index contributed by atoms with van der Waals surface area (Å²) in [7, 11) is -3.66. The van der Waals surface area contributed by atoms with E-state index in [0.717, 1.165) is 11.3 Å². The van der Waals surface area contributed by atoms with E-state index in [0.29, 0.717) is 10.6 Å². The van der Waals surface area contributed by atoms with Gasteiger partial charge in [-0.25, -0.2) is 13.4 Å². The van der Waals surface area contributed by atoms with Gasteiger partial charge in [0, 0.05) is 10.9 Å². The van der Waals surface area contributed by atoms with E-state index in [2.05, 4.69) is 15.2 Å². The highest BCUT2D eigenvalue weighted by Crippen LogP contribution is 2.21. The van der Waals surface area contributed by atoms with E-state index in [1.165, 1.54) is 11.3 Å². The van der Waals surface area contributed by atoms with Crippen LogP contribution < -0.4 is 10.3 Å². The molecule has 0 unspecified atom stereocenters. The second-order valence-electron chi connectivity index (χ2n) is 5.56. The van der Waals surface area contributed by atoms with E-state index in [1.807, 2.05) is 41.8 Å². The van der Waals surface area contributed by atoms with Crippen LogP contribution in [0.4, 0.5) is 0 Å². The topological polar surface area (TPSA) is 88.2 Å². The van der Waals surface area contributed by atoms with Gasteiger partial charge in [0.15, 0.2) is 0 Å². The molecule has 1 heterocycles. The van der Waals surface area contributed by atoms with Crippen LogP contribution in [0.1, 0.15) is 10.6 Å². The number of rotatable bonds is 7. The smallest absolute Gasteiger partial charge is 0.241 e. The zero-order valence-electron chi connectivity index (χ0n) is 13.8. The lowest BCUT2D eigenvalue weighted by atomic mass is 10.2. The van der Waals surface area contributed by atoms with Crippen LogP contribution in [0.25, 0.3) is 11.3 Å². The number of nitrogens with zero attached hydrogens (tertiary/aromatic N) is 1. The van der Waals surface area contributed by atoms with Gasteiger partial charge in [-0.2, -0.15) is 0 Å². The van der Waals surface area contributed by atoms with Crippen LogP contribution in [0.3, 0.4) is 0 Å². The van der Waals surface area contributed by atoms with Crippen molar-refractivity contribution in [2.45, 2.75) is 12.2 Å². The number of thiazole rings is 1. The molecule has 0 saturated heterocycles. The van der Waals surface area contributed by atoms with Gasteiger partial charge in [-0.1, -0.05) is 60.7 Å². The van der Waals surface area contributed by atoms with Crippen molar-refractivity contribution in [3.8, 4) is 11.3 Å². The molecular formula is C18H17N3O3S2. The van der Waals surface area contributed by atoms with Gasteiger partial charge in [0.1, 0.15) is 5.01 Å². The molecule has 0 bridgehead atoms. The number of amides is 1. The Morgan fingerprint density at radius 2 is 1.65 bits per heavy atom. The summed E-state index contributed by atoms with van der Waals surface area (Å²) in [6.07, 6.45) is 0.00531. The highest BCUT2D eigenvalue weighted by molar-refractivity contribution is 7.88. The molecule has 1 amide bonds. The first-order valence-corrected chi connectivity index (χ1v) is 10.4. The summed E-state index contributed by atoms with van der Waals surface area (Å²) in [5.74, 6) is -0.667. The lowest BCUT2D eigenvalue weighted by Gasteiger charge is -2.07. The van der Waals surface area contributed by atoms with Crippen molar-refractivity contribution in [3.63, 3.8) is 0 Å². The van der Waals surface area contributed by atoms with Gasteiger partial charge in [0.2, 0.25) is 15.9 Å². The molecule has 2 aromatic carbocycles. The zero-order chi connectivity index (χ0) is 18.4. The van der Waals surface area contributed by atoms with Crippen molar-refractivity contribution >= 4 is 27.3 Å². The first-order valence-electron chi connectivity index (χ1n) is 7.84. The number of hydrazine groups is 1. The van der Waals surface area contributed by atoms with Crippen molar-refractivity contribution in [2.24, 2.45) is 0 Å². The van der Waals surface area contributed by atoms with Crippen LogP contribution in [0, 0.1) is 0 Å². The van der Waals surface area contributed by atoms with Gasteiger partial charge in [0.25, 0.3) is 0 Å². The number of carbonyl (C=O) groups is 1. The summed E-state index contributed by atoms with van der Waals surface area (Å²) in [5, 5.41) is 2.49. The maximum absolute atomic E-state index is 12.0. The Balaban J connectivity index is 1.54. The Hall–Kier alpha value is -2.55. The van der Waals surface area contributed by atoms with Crippen molar-refractivity contribution in [1.82, 2.24) is 15.2 Å². The Morgan fingerprint density at radius 1 is 1.00 bits per heavy atom. The first kappa shape index (κ1) is 18.2. The molecule has 8 heteroatoms. The standard InChI is InChI=1S/C18H17N3O3S2/c22-17(20-21-26(23,24)13-14-7-3-1-4-8-14)11-18-19-16(12-25-18)15-9-5-2-6-10-15/h1-10,12,21H,11,13H2,(H,20,22). The molecule has 0 saturated carbocycles. The van der Waals surface area contributed by atoms with Gasteiger partial charge in [-0.05, 0) is 5.56 Å². The summed E-state index contributed by atoms with van der Waals surface area (Å²) >= 11 is 1.36. The Labute approximate surface area is 155 Å². The molecule has 3 rings (SSSR count). The molecule has 2 N–H and O–H groups in total. The summed E-state index contributed by atoms with van der Waals surface area (Å²) in [6, 6.07) is 18.4. The second-order valence-corrected chi connectivity index (χ2v) is 8.23. The fraction of sp³-hybridized carbons (Fsp3) is 0.111. The quantitative estimate of drug-likeness (QED) is 0.610. The molecule has 6 nitrogen and oxygen atoms in total. The number of sulfonamides is 1. The molecular weight excluding hydrogens is 370 g/mol. The van der Waals surface area contributed by atoms with E-state index >= 15 is 0 Å². The average molecular weight is 387 g/mol. The number of benzene rings is 2. The van der Waals surface area contributed by atoms with Gasteiger partial charge in [0.05, 0.1) is 17.9 Å². The maximum Gasteiger partial charge on any atom is 0.241 e. The van der Waals surface area contributed by atoms with Crippen LogP contribution >= 0.6 is 11.3 Å². The van der Waals surface area contributed by atoms with E-state index < -0.39 is 15.9 Å². The monoisotopic (exact) mass is 387 g/mol. The molecule has 1 aromatic heterocycles. The molecule has 0 fully saturated rings. The molecule has 0 aliphatic carbocycles. The van der Waals surface area contributed by atoms with Crippen LogP contribution in [-0.2, 0) is 27.0 Å². The van der Waals surface area contributed by atoms with E-state index in [4.69, 9.17) is 0 Å². The third kappa shape index (κ3) is 5.22. The van der Waals surface area contributed by atoms with Crippen LogP contribution in [-0.4, -0.2) is 19.3 Å². The van der Waals surface area contributed by atoms with E-state index in [1.54, 1.807) is 24.3 Å². The van der Waals surface area contributed by atoms with Crippen molar-refractivity contribution in [3.05, 3.63) is 76.6 Å². The van der Waals surface area contributed by atoms with Gasteiger partial charge < -0.3 is 0 Å². The third-order valence-electron chi connectivity index (χ3n) is 3.48. The van der Waals surface area contributed by atoms with Crippen LogP contribution in [0.15, 0.2) is 66.0 Å². The normalized spacial score (nSPS) is 11.2. The minimum absolute atomic E-state index is 0.00531. The SMILES string of the molecule is O=C(Cc1nc(-c2ccccc2)cs1)NNS(=O)(=O)Cc1ccccc1. The Bertz CT molecular complexity index is 971. The fourth-order valence-electron chi connectivity index (χ4n) is 2.28. The summed E-state index contributed by atoms with van der Waals surface area (Å²) < 4.78 is 24.0. The molecule has 0 radical (unpaired) electrons. The zero-order valence-corrected chi connectivity index (χ0v) is 15.4. The third-order valence-corrected chi connectivity index (χ3v) is 5.45. The highest BCUT2D eigenvalue weighted by atomic mass is 32.2. The first-order chi connectivity index (χ1) is 12.5. The minimum atomic E-state index is -3.66. The molecule has 26 heavy (non-hydrogen) atoms. The number of aromatic nitrogens is 1. The number of carbonyl (C=O) groups excluding carboxylic acids is 1. The maximum atomic E-state index is 12.0. The lowest BCUT2D eigenvalue weighted by Crippen LogP contribution is -2.42. The molecule has 0 aliphatic heterocycles. The van der Waals surface area contributed by atoms with Crippen molar-refractivity contribution in [2.75, 3.05) is 0 Å². The highest BCUT2D eigenvalue weighted by Gasteiger charge is 2.14. The number of hydrogen-bond acceptors (Lipinski definition) is 5. The van der Waals surface area contributed by atoms with E-state index in [9.17, 15) is 13.2 Å². The molecule has 0 spiro atoms. The van der Waals surface area contributed by atoms with Gasteiger partial charge in [-0.3, -0.25) is 10.2 Å². The number of nitrogens with one attached hydrogen (secondary N) is 2. The predicted molar refractivity (Wildman–Crippen MR) is 102 cm³/mol.